The number of hydrogen-bond donors (Lipinski definition) is 2. The monoisotopic (exact) mass is 250 g/mol. The van der Waals surface area contributed by atoms with Crippen LogP contribution in [0.3, 0.4) is 0 Å². The average molecular weight is 250 g/mol. The molecule has 0 spiro atoms. The molecule has 0 bridgehead atoms. The van der Waals surface area contributed by atoms with Crippen LogP contribution in [0.2, 0.25) is 0 Å². The van der Waals surface area contributed by atoms with Crippen LogP contribution in [0, 0.1) is 0 Å². The van der Waals surface area contributed by atoms with Gasteiger partial charge in [0.1, 0.15) is 12.4 Å². The smallest absolute Gasteiger partial charge is 0.331 e. The Morgan fingerprint density at radius 1 is 1.33 bits per heavy atom. The zero-order valence-electron chi connectivity index (χ0n) is 9.87. The van der Waals surface area contributed by atoms with Gasteiger partial charge in [0.15, 0.2) is 11.9 Å². The van der Waals surface area contributed by atoms with Crippen molar-refractivity contribution in [1.29, 1.82) is 0 Å². The van der Waals surface area contributed by atoms with Gasteiger partial charge in [0.05, 0.1) is 0 Å². The average Bonchev–Trinajstić information content (AvgIpc) is 2.36. The third kappa shape index (κ3) is 4.39. The summed E-state index contributed by atoms with van der Waals surface area (Å²) in [6.07, 6.45) is -0.485. The van der Waals surface area contributed by atoms with Gasteiger partial charge in [-0.15, -0.1) is 0 Å². The number of aliphatic hydroxyl groups excluding tert-OH is 1. The van der Waals surface area contributed by atoms with Crippen LogP contribution in [0.1, 0.15) is 6.92 Å². The Bertz CT molecular complexity index is 450. The molecular weight excluding hydrogens is 236 g/mol. The summed E-state index contributed by atoms with van der Waals surface area (Å²) in [5.41, 5.74) is -0.126. The van der Waals surface area contributed by atoms with E-state index < -0.39 is 17.9 Å². The van der Waals surface area contributed by atoms with Crippen molar-refractivity contribution in [2.24, 2.45) is 0 Å². The largest absolute Gasteiger partial charge is 0.490 e. The molecule has 5 heteroatoms. The highest BCUT2D eigenvalue weighted by Crippen LogP contribution is 2.09. The van der Waals surface area contributed by atoms with Gasteiger partial charge in [-0.1, -0.05) is 18.2 Å². The van der Waals surface area contributed by atoms with E-state index in [-0.39, 0.29) is 12.2 Å². The van der Waals surface area contributed by atoms with Gasteiger partial charge in [0.2, 0.25) is 0 Å². The summed E-state index contributed by atoms with van der Waals surface area (Å²) in [6.45, 7) is 1.07. The van der Waals surface area contributed by atoms with E-state index in [1.165, 1.54) is 6.92 Å². The Kier molecular flexibility index (Phi) is 5.07. The predicted molar refractivity (Wildman–Crippen MR) is 64.3 cm³/mol. The molecule has 0 saturated heterocycles. The molecule has 0 amide bonds. The van der Waals surface area contributed by atoms with Crippen molar-refractivity contribution in [2.75, 3.05) is 6.61 Å². The topological polar surface area (TPSA) is 83.8 Å². The van der Waals surface area contributed by atoms with Gasteiger partial charge in [-0.2, -0.15) is 0 Å². The maximum absolute atomic E-state index is 11.4. The van der Waals surface area contributed by atoms with Crippen molar-refractivity contribution in [1.82, 2.24) is 0 Å². The lowest BCUT2D eigenvalue weighted by atomic mass is 10.1. The maximum atomic E-state index is 11.4. The van der Waals surface area contributed by atoms with Crippen molar-refractivity contribution in [3.05, 3.63) is 42.0 Å². The molecule has 0 heterocycles. The van der Waals surface area contributed by atoms with Crippen LogP contribution in [0.15, 0.2) is 42.0 Å². The minimum absolute atomic E-state index is 0.126. The molecule has 0 aliphatic rings. The molecule has 0 aliphatic carbocycles. The molecule has 0 aromatic heterocycles. The predicted octanol–water partition coefficient (Wildman–Crippen LogP) is 1.03. The minimum atomic E-state index is -1.38. The zero-order valence-corrected chi connectivity index (χ0v) is 9.87. The number of hydrogen-bond acceptors (Lipinski definition) is 4. The number of carbonyl (C=O) groups excluding carboxylic acids is 1. The molecular formula is C13H14O5. The van der Waals surface area contributed by atoms with Crippen molar-refractivity contribution in [3.8, 4) is 5.75 Å². The summed E-state index contributed by atoms with van der Waals surface area (Å²) in [5, 5.41) is 18.1. The molecule has 2 N–H and O–H groups in total. The minimum Gasteiger partial charge on any atom is -0.490 e. The number of carboxylic acid groups (broad SMARTS) is 1. The van der Waals surface area contributed by atoms with Gasteiger partial charge < -0.3 is 14.9 Å². The van der Waals surface area contributed by atoms with Crippen LogP contribution in [0.5, 0.6) is 5.75 Å². The molecule has 5 nitrogen and oxygen atoms in total. The van der Waals surface area contributed by atoms with Gasteiger partial charge in [0.25, 0.3) is 0 Å². The molecule has 1 aromatic carbocycles. The van der Waals surface area contributed by atoms with E-state index in [0.717, 1.165) is 6.08 Å². The Morgan fingerprint density at radius 2 is 1.94 bits per heavy atom. The van der Waals surface area contributed by atoms with Crippen LogP contribution in [0.25, 0.3) is 0 Å². The first-order chi connectivity index (χ1) is 8.50. The second kappa shape index (κ2) is 6.56. The van der Waals surface area contributed by atoms with Crippen LogP contribution < -0.4 is 4.74 Å². The molecule has 0 saturated carbocycles. The van der Waals surface area contributed by atoms with E-state index >= 15 is 0 Å². The highest BCUT2D eigenvalue weighted by atomic mass is 16.5. The van der Waals surface area contributed by atoms with Gasteiger partial charge in [-0.3, -0.25) is 4.79 Å². The lowest BCUT2D eigenvalue weighted by molar-refractivity contribution is -0.133. The van der Waals surface area contributed by atoms with Crippen molar-refractivity contribution in [2.45, 2.75) is 13.0 Å². The number of aliphatic carboxylic acids is 1. The summed E-state index contributed by atoms with van der Waals surface area (Å²) in [4.78, 5) is 21.9. The third-order valence-corrected chi connectivity index (χ3v) is 2.18. The van der Waals surface area contributed by atoms with Crippen molar-refractivity contribution < 1.29 is 24.5 Å². The van der Waals surface area contributed by atoms with E-state index in [1.54, 1.807) is 24.3 Å². The number of aliphatic hydroxyl groups is 1. The standard InChI is InChI=1S/C13H14O5/c1-9(13(16)17)7-11(14)12(15)8-18-10-5-3-2-4-6-10/h2-7,12,15H,8H2,1H3,(H,16,17). The van der Waals surface area contributed by atoms with E-state index in [0.29, 0.717) is 5.75 Å². The third-order valence-electron chi connectivity index (χ3n) is 2.18. The molecule has 18 heavy (non-hydrogen) atoms. The summed E-state index contributed by atoms with van der Waals surface area (Å²) < 4.78 is 5.18. The first-order valence-electron chi connectivity index (χ1n) is 5.32. The second-order valence-corrected chi connectivity index (χ2v) is 3.67. The molecule has 1 rings (SSSR count). The molecule has 0 aliphatic heterocycles. The van der Waals surface area contributed by atoms with Crippen LogP contribution in [-0.4, -0.2) is 34.7 Å². The Hall–Kier alpha value is -2.14. The van der Waals surface area contributed by atoms with E-state index in [9.17, 15) is 14.7 Å². The molecule has 1 aromatic rings. The number of rotatable bonds is 6. The number of para-hydroxylation sites is 1. The summed E-state index contributed by atoms with van der Waals surface area (Å²) in [7, 11) is 0. The van der Waals surface area contributed by atoms with E-state index in [2.05, 4.69) is 0 Å². The first-order valence-corrected chi connectivity index (χ1v) is 5.32. The van der Waals surface area contributed by atoms with E-state index in [4.69, 9.17) is 9.84 Å². The number of carbonyl (C=O) groups is 2. The van der Waals surface area contributed by atoms with Crippen molar-refractivity contribution >= 4 is 11.8 Å². The van der Waals surface area contributed by atoms with Crippen LogP contribution in [0.4, 0.5) is 0 Å². The number of ether oxygens (including phenoxy) is 1. The Balaban J connectivity index is 2.51. The van der Waals surface area contributed by atoms with E-state index in [1.807, 2.05) is 6.07 Å². The molecule has 96 valence electrons. The summed E-state index contributed by atoms with van der Waals surface area (Å²) in [6, 6.07) is 8.72. The fourth-order valence-electron chi connectivity index (χ4n) is 1.15. The molecule has 1 unspecified atom stereocenters. The molecule has 0 radical (unpaired) electrons. The quantitative estimate of drug-likeness (QED) is 0.736. The van der Waals surface area contributed by atoms with Crippen LogP contribution >= 0.6 is 0 Å². The molecule has 0 fully saturated rings. The number of ketones is 1. The zero-order chi connectivity index (χ0) is 13.5. The number of carboxylic acids is 1. The van der Waals surface area contributed by atoms with Gasteiger partial charge in [0, 0.05) is 5.57 Å². The Morgan fingerprint density at radius 3 is 2.50 bits per heavy atom. The summed E-state index contributed by atoms with van der Waals surface area (Å²) >= 11 is 0. The number of benzene rings is 1. The fraction of sp³-hybridized carbons (Fsp3) is 0.231. The lowest BCUT2D eigenvalue weighted by Crippen LogP contribution is -2.26. The fourth-order valence-corrected chi connectivity index (χ4v) is 1.15. The normalized spacial score (nSPS) is 12.9. The molecule has 1 atom stereocenters. The van der Waals surface area contributed by atoms with Crippen molar-refractivity contribution in [3.63, 3.8) is 0 Å². The highest BCUT2D eigenvalue weighted by molar-refractivity contribution is 6.00. The van der Waals surface area contributed by atoms with Gasteiger partial charge >= 0.3 is 5.97 Å². The Labute approximate surface area is 104 Å². The first kappa shape index (κ1) is 13.9. The summed E-state index contributed by atoms with van der Waals surface area (Å²) in [5.74, 6) is -1.35. The second-order valence-electron chi connectivity index (χ2n) is 3.67. The van der Waals surface area contributed by atoms with Gasteiger partial charge in [-0.25, -0.2) is 4.79 Å². The lowest BCUT2D eigenvalue weighted by Gasteiger charge is -2.09. The van der Waals surface area contributed by atoms with Crippen LogP contribution in [-0.2, 0) is 9.59 Å². The maximum Gasteiger partial charge on any atom is 0.331 e. The van der Waals surface area contributed by atoms with Gasteiger partial charge in [-0.05, 0) is 25.1 Å². The highest BCUT2D eigenvalue weighted by Gasteiger charge is 2.15. The SMILES string of the molecule is CC(=CC(=O)C(O)COc1ccccc1)C(=O)O.